The predicted octanol–water partition coefficient (Wildman–Crippen LogP) is 1.78. The fourth-order valence-corrected chi connectivity index (χ4v) is 2.75. The maximum absolute atomic E-state index is 11.8. The van der Waals surface area contributed by atoms with Gasteiger partial charge in [0.1, 0.15) is 0 Å². The molecule has 0 radical (unpaired) electrons. The molecule has 1 amide bonds. The number of halogens is 2. The molecule has 0 bridgehead atoms. The molecule has 0 spiro atoms. The predicted molar refractivity (Wildman–Crippen MR) is 42.4 cm³/mol. The highest BCUT2D eigenvalue weighted by atomic mass is 33.1. The Morgan fingerprint density at radius 2 is 2.36 bits per heavy atom. The third-order valence-electron chi connectivity index (χ3n) is 1.12. The highest BCUT2D eigenvalue weighted by molar-refractivity contribution is 8.76. The van der Waals surface area contributed by atoms with Crippen LogP contribution in [0.2, 0.25) is 0 Å². The summed E-state index contributed by atoms with van der Waals surface area (Å²) in [4.78, 5) is 10.9. The highest BCUT2D eigenvalue weighted by Gasteiger charge is 2.22. The molecule has 0 saturated carbocycles. The van der Waals surface area contributed by atoms with Gasteiger partial charge in [-0.05, 0) is 0 Å². The van der Waals surface area contributed by atoms with Crippen molar-refractivity contribution in [2.24, 2.45) is 0 Å². The van der Waals surface area contributed by atoms with E-state index in [0.29, 0.717) is 6.42 Å². The zero-order chi connectivity index (χ0) is 8.27. The van der Waals surface area contributed by atoms with Crippen LogP contribution in [0.15, 0.2) is 0 Å². The van der Waals surface area contributed by atoms with E-state index in [0.717, 1.165) is 21.0 Å². The van der Waals surface area contributed by atoms with E-state index in [9.17, 15) is 13.6 Å². The molecular weight excluding hydrogens is 192 g/mol. The van der Waals surface area contributed by atoms with E-state index in [1.54, 1.807) is 0 Å². The van der Waals surface area contributed by atoms with Crippen LogP contribution in [0.3, 0.4) is 0 Å². The zero-order valence-corrected chi connectivity index (χ0v) is 7.26. The molecule has 0 aromatic heterocycles. The summed E-state index contributed by atoms with van der Waals surface area (Å²) in [6.45, 7) is -0.448. The Kier molecular flexibility index (Phi) is 3.45. The number of rotatable bonds is 2. The summed E-state index contributed by atoms with van der Waals surface area (Å²) in [7, 11) is 2.56. The first kappa shape index (κ1) is 9.12. The number of hydrogen-bond acceptors (Lipinski definition) is 3. The summed E-state index contributed by atoms with van der Waals surface area (Å²) in [5.74, 6) is 0.539. The Morgan fingerprint density at radius 1 is 1.64 bits per heavy atom. The van der Waals surface area contributed by atoms with Crippen LogP contribution in [0.5, 0.6) is 0 Å². The fourth-order valence-electron chi connectivity index (χ4n) is 0.654. The molecule has 1 heterocycles. The summed E-state index contributed by atoms with van der Waals surface area (Å²) >= 11 is 0. The molecule has 1 saturated heterocycles. The van der Waals surface area contributed by atoms with Gasteiger partial charge < -0.3 is 0 Å². The summed E-state index contributed by atoms with van der Waals surface area (Å²) in [5, 5.41) is 0. The van der Waals surface area contributed by atoms with Crippen LogP contribution >= 0.6 is 21.8 Å². The van der Waals surface area contributed by atoms with Gasteiger partial charge in [-0.3, -0.25) is 9.10 Å². The number of carbonyl (C=O) groups excluding carboxylic acids is 1. The molecule has 2 nitrogen and oxygen atoms in total. The van der Waals surface area contributed by atoms with Crippen molar-refractivity contribution >= 4 is 27.7 Å². The molecule has 1 fully saturated rings. The largest absolute Gasteiger partial charge is 0.274 e. The van der Waals surface area contributed by atoms with E-state index in [-0.39, 0.29) is 5.91 Å². The van der Waals surface area contributed by atoms with Gasteiger partial charge in [-0.1, -0.05) is 10.8 Å². The van der Waals surface area contributed by atoms with E-state index < -0.39 is 13.0 Å². The van der Waals surface area contributed by atoms with E-state index in [1.807, 2.05) is 0 Å². The van der Waals surface area contributed by atoms with Crippen molar-refractivity contribution in [2.45, 2.75) is 12.8 Å². The van der Waals surface area contributed by atoms with Gasteiger partial charge in [0.25, 0.3) is 6.43 Å². The molecule has 6 heteroatoms. The monoisotopic (exact) mass is 199 g/mol. The lowest BCUT2D eigenvalue weighted by Gasteiger charge is -2.23. The molecule has 1 aliphatic rings. The van der Waals surface area contributed by atoms with Crippen LogP contribution in [-0.2, 0) is 4.79 Å². The average molecular weight is 199 g/mol. The summed E-state index contributed by atoms with van der Waals surface area (Å²) in [5.41, 5.74) is 0. The number of amides is 1. The molecule has 11 heavy (non-hydrogen) atoms. The fraction of sp³-hybridized carbons (Fsp3) is 0.800. The number of hydrogen-bond donors (Lipinski definition) is 0. The van der Waals surface area contributed by atoms with Crippen LogP contribution in [0.1, 0.15) is 6.42 Å². The van der Waals surface area contributed by atoms with Gasteiger partial charge in [-0.2, -0.15) is 0 Å². The minimum atomic E-state index is -2.43. The van der Waals surface area contributed by atoms with Crippen molar-refractivity contribution in [1.82, 2.24) is 4.31 Å². The lowest BCUT2D eigenvalue weighted by molar-refractivity contribution is -0.126. The normalized spacial score (nSPS) is 19.5. The first-order chi connectivity index (χ1) is 5.20. The Morgan fingerprint density at radius 3 is 2.91 bits per heavy atom. The van der Waals surface area contributed by atoms with Crippen LogP contribution in [0.4, 0.5) is 8.78 Å². The minimum Gasteiger partial charge on any atom is -0.274 e. The molecule has 0 N–H and O–H groups in total. The molecule has 1 rings (SSSR count). The summed E-state index contributed by atoms with van der Waals surface area (Å²) < 4.78 is 24.7. The average Bonchev–Trinajstić information content (AvgIpc) is 1.93. The maximum Gasteiger partial charge on any atom is 0.256 e. The zero-order valence-electron chi connectivity index (χ0n) is 5.63. The van der Waals surface area contributed by atoms with E-state index in [2.05, 4.69) is 0 Å². The van der Waals surface area contributed by atoms with Gasteiger partial charge in [0, 0.05) is 23.2 Å². The van der Waals surface area contributed by atoms with E-state index in [4.69, 9.17) is 0 Å². The first-order valence-electron chi connectivity index (χ1n) is 3.08. The Labute approximate surface area is 71.2 Å². The Balaban J connectivity index is 2.36. The smallest absolute Gasteiger partial charge is 0.256 e. The number of carbonyl (C=O) groups is 1. The van der Waals surface area contributed by atoms with Crippen LogP contribution in [0, 0.1) is 0 Å². The lowest BCUT2D eigenvalue weighted by Crippen LogP contribution is -2.30. The standard InChI is InChI=1S/C5H7F2NOS2/c6-4(7)3-8-5(9)1-2-10-11-8/h4H,1-3H2. The molecule has 0 aromatic carbocycles. The SMILES string of the molecule is O=C1CCSSN1CC(F)F. The van der Waals surface area contributed by atoms with Crippen molar-refractivity contribution < 1.29 is 13.6 Å². The van der Waals surface area contributed by atoms with Gasteiger partial charge in [-0.15, -0.1) is 0 Å². The lowest BCUT2D eigenvalue weighted by atomic mass is 10.4. The third-order valence-corrected chi connectivity index (χ3v) is 3.49. The molecule has 1 aliphatic heterocycles. The van der Waals surface area contributed by atoms with Gasteiger partial charge in [0.05, 0.1) is 6.54 Å². The molecule has 64 valence electrons. The van der Waals surface area contributed by atoms with Crippen molar-refractivity contribution in [3.63, 3.8) is 0 Å². The second kappa shape index (κ2) is 4.15. The molecule has 0 atom stereocenters. The number of nitrogens with zero attached hydrogens (tertiary/aromatic N) is 1. The van der Waals surface area contributed by atoms with E-state index in [1.165, 1.54) is 10.8 Å². The highest BCUT2D eigenvalue weighted by Crippen LogP contribution is 2.32. The molecular formula is C5H7F2NOS2. The molecule has 0 unspecified atom stereocenters. The van der Waals surface area contributed by atoms with Gasteiger partial charge in [0.15, 0.2) is 0 Å². The second-order valence-electron chi connectivity index (χ2n) is 1.99. The van der Waals surface area contributed by atoms with Crippen LogP contribution in [0.25, 0.3) is 0 Å². The van der Waals surface area contributed by atoms with Crippen LogP contribution in [-0.4, -0.2) is 28.9 Å². The third kappa shape index (κ3) is 2.86. The van der Waals surface area contributed by atoms with Gasteiger partial charge >= 0.3 is 0 Å². The Hall–Kier alpha value is 0.0300. The van der Waals surface area contributed by atoms with Crippen molar-refractivity contribution in [2.75, 3.05) is 12.3 Å². The van der Waals surface area contributed by atoms with Crippen molar-refractivity contribution in [3.05, 3.63) is 0 Å². The number of alkyl halides is 2. The maximum atomic E-state index is 11.8. The topological polar surface area (TPSA) is 20.3 Å². The minimum absolute atomic E-state index is 0.186. The van der Waals surface area contributed by atoms with E-state index >= 15 is 0 Å². The first-order valence-corrected chi connectivity index (χ1v) is 5.36. The van der Waals surface area contributed by atoms with Crippen molar-refractivity contribution in [1.29, 1.82) is 0 Å². The van der Waals surface area contributed by atoms with Gasteiger partial charge in [-0.25, -0.2) is 8.78 Å². The molecule has 0 aliphatic carbocycles. The quantitative estimate of drug-likeness (QED) is 0.499. The Bertz CT molecular complexity index is 155. The summed E-state index contributed by atoms with van der Waals surface area (Å²) in [6.07, 6.45) is -2.05. The van der Waals surface area contributed by atoms with Gasteiger partial charge in [0.2, 0.25) is 5.91 Å². The van der Waals surface area contributed by atoms with Crippen LogP contribution < -0.4 is 0 Å². The van der Waals surface area contributed by atoms with Crippen molar-refractivity contribution in [3.8, 4) is 0 Å². The molecule has 0 aromatic rings. The second-order valence-corrected chi connectivity index (χ2v) is 4.38. The summed E-state index contributed by atoms with van der Waals surface area (Å²) in [6, 6.07) is 0.